The highest BCUT2D eigenvalue weighted by Gasteiger charge is 2.15. The maximum atomic E-state index is 12.2. The molecule has 0 aromatic heterocycles. The smallest absolute Gasteiger partial charge is 0.343 e. The molecule has 0 saturated heterocycles. The molecule has 23 heavy (non-hydrogen) atoms. The standard InChI is InChI=1S/C21H24O2/c1-2-3-4-5-6-16-7-9-18(10-8-16)21(22)23-20-14-13-17-11-12-19(17)15-20/h7-10,13-15H,2-6,11-12H2,1H3. The van der Waals surface area contributed by atoms with E-state index in [1.165, 1.54) is 42.4 Å². The minimum atomic E-state index is -0.276. The predicted octanol–water partition coefficient (Wildman–Crippen LogP) is 5.13. The Morgan fingerprint density at radius 2 is 1.74 bits per heavy atom. The summed E-state index contributed by atoms with van der Waals surface area (Å²) in [6.45, 7) is 2.22. The Kier molecular flexibility index (Phi) is 5.12. The highest BCUT2D eigenvalue weighted by Crippen LogP contribution is 2.27. The molecule has 120 valence electrons. The molecule has 0 radical (unpaired) electrons. The summed E-state index contributed by atoms with van der Waals surface area (Å²) in [4.78, 5) is 12.2. The monoisotopic (exact) mass is 308 g/mol. The third kappa shape index (κ3) is 4.01. The van der Waals surface area contributed by atoms with E-state index in [4.69, 9.17) is 4.74 Å². The second kappa shape index (κ2) is 7.45. The van der Waals surface area contributed by atoms with Crippen molar-refractivity contribution in [1.82, 2.24) is 0 Å². The van der Waals surface area contributed by atoms with Crippen molar-refractivity contribution >= 4 is 5.97 Å². The van der Waals surface area contributed by atoms with E-state index in [2.05, 4.69) is 13.0 Å². The summed E-state index contributed by atoms with van der Waals surface area (Å²) in [6.07, 6.45) is 8.36. The Morgan fingerprint density at radius 3 is 2.39 bits per heavy atom. The second-order valence-electron chi connectivity index (χ2n) is 6.33. The molecule has 0 unspecified atom stereocenters. The van der Waals surface area contributed by atoms with E-state index >= 15 is 0 Å². The summed E-state index contributed by atoms with van der Waals surface area (Å²) in [5.74, 6) is 0.374. The first-order valence-electron chi connectivity index (χ1n) is 8.69. The number of aryl methyl sites for hydroxylation is 3. The van der Waals surface area contributed by atoms with Gasteiger partial charge in [-0.25, -0.2) is 4.79 Å². The molecule has 2 aromatic carbocycles. The molecule has 1 aliphatic carbocycles. The number of benzene rings is 2. The maximum Gasteiger partial charge on any atom is 0.343 e. The number of rotatable bonds is 7. The number of hydrogen-bond donors (Lipinski definition) is 0. The minimum Gasteiger partial charge on any atom is -0.423 e. The van der Waals surface area contributed by atoms with Crippen molar-refractivity contribution in [3.8, 4) is 5.75 Å². The number of fused-ring (bicyclic) bond motifs is 1. The Bertz CT molecular complexity index is 671. The van der Waals surface area contributed by atoms with E-state index in [-0.39, 0.29) is 5.97 Å². The van der Waals surface area contributed by atoms with Gasteiger partial charge in [0, 0.05) is 0 Å². The number of carbonyl (C=O) groups is 1. The average molecular weight is 308 g/mol. The highest BCUT2D eigenvalue weighted by molar-refractivity contribution is 5.91. The number of esters is 1. The first kappa shape index (κ1) is 15.8. The molecule has 1 aliphatic rings. The molecule has 0 fully saturated rings. The molecule has 0 N–H and O–H groups in total. The van der Waals surface area contributed by atoms with Gasteiger partial charge in [-0.15, -0.1) is 0 Å². The van der Waals surface area contributed by atoms with Gasteiger partial charge in [-0.3, -0.25) is 0 Å². The van der Waals surface area contributed by atoms with Crippen LogP contribution in [0, 0.1) is 0 Å². The number of ether oxygens (including phenoxy) is 1. The lowest BCUT2D eigenvalue weighted by molar-refractivity contribution is 0.0734. The van der Waals surface area contributed by atoms with Crippen molar-refractivity contribution in [1.29, 1.82) is 0 Å². The zero-order valence-electron chi connectivity index (χ0n) is 13.8. The van der Waals surface area contributed by atoms with Gasteiger partial charge < -0.3 is 4.74 Å². The highest BCUT2D eigenvalue weighted by atomic mass is 16.5. The third-order valence-electron chi connectivity index (χ3n) is 4.56. The van der Waals surface area contributed by atoms with E-state index in [9.17, 15) is 4.79 Å². The van der Waals surface area contributed by atoms with Crippen molar-refractivity contribution in [3.05, 3.63) is 64.7 Å². The third-order valence-corrected chi connectivity index (χ3v) is 4.56. The molecule has 0 saturated carbocycles. The fraction of sp³-hybridized carbons (Fsp3) is 0.381. The van der Waals surface area contributed by atoms with Crippen LogP contribution in [-0.4, -0.2) is 5.97 Å². The molecular weight excluding hydrogens is 284 g/mol. The van der Waals surface area contributed by atoms with E-state index in [0.717, 1.165) is 19.3 Å². The van der Waals surface area contributed by atoms with Crippen LogP contribution in [0.3, 0.4) is 0 Å². The molecule has 0 aliphatic heterocycles. The molecule has 0 bridgehead atoms. The molecular formula is C21H24O2. The van der Waals surface area contributed by atoms with Crippen LogP contribution in [0.4, 0.5) is 0 Å². The van der Waals surface area contributed by atoms with Crippen molar-refractivity contribution in [2.45, 2.75) is 51.9 Å². The van der Waals surface area contributed by atoms with Crippen LogP contribution in [0.2, 0.25) is 0 Å². The van der Waals surface area contributed by atoms with Crippen molar-refractivity contribution in [3.63, 3.8) is 0 Å². The first-order chi connectivity index (χ1) is 11.3. The molecule has 0 amide bonds. The van der Waals surface area contributed by atoms with Crippen LogP contribution < -0.4 is 4.74 Å². The average Bonchev–Trinajstić information content (AvgIpc) is 2.55. The van der Waals surface area contributed by atoms with Crippen LogP contribution in [-0.2, 0) is 19.3 Å². The summed E-state index contributed by atoms with van der Waals surface area (Å²) in [6, 6.07) is 13.8. The zero-order chi connectivity index (χ0) is 16.1. The Balaban J connectivity index is 1.55. The second-order valence-corrected chi connectivity index (χ2v) is 6.33. The van der Waals surface area contributed by atoms with E-state index in [0.29, 0.717) is 11.3 Å². The minimum absolute atomic E-state index is 0.276. The van der Waals surface area contributed by atoms with Crippen molar-refractivity contribution in [2.75, 3.05) is 0 Å². The summed E-state index contributed by atoms with van der Waals surface area (Å²) in [5, 5.41) is 0. The van der Waals surface area contributed by atoms with Crippen LogP contribution >= 0.6 is 0 Å². The topological polar surface area (TPSA) is 26.3 Å². The lowest BCUT2D eigenvalue weighted by Crippen LogP contribution is -2.11. The Hall–Kier alpha value is -2.09. The van der Waals surface area contributed by atoms with Gasteiger partial charge in [0.1, 0.15) is 5.75 Å². The predicted molar refractivity (Wildman–Crippen MR) is 93.1 cm³/mol. The van der Waals surface area contributed by atoms with Gasteiger partial charge in [0.05, 0.1) is 5.56 Å². The van der Waals surface area contributed by atoms with E-state index in [1.807, 2.05) is 36.4 Å². The van der Waals surface area contributed by atoms with Gasteiger partial charge in [-0.2, -0.15) is 0 Å². The fourth-order valence-electron chi connectivity index (χ4n) is 2.96. The van der Waals surface area contributed by atoms with Crippen LogP contribution in [0.25, 0.3) is 0 Å². The quantitative estimate of drug-likeness (QED) is 0.403. The molecule has 2 nitrogen and oxygen atoms in total. The number of carbonyl (C=O) groups excluding carboxylic acids is 1. The van der Waals surface area contributed by atoms with Gasteiger partial charge in [-0.05, 0) is 66.6 Å². The molecule has 3 rings (SSSR count). The largest absolute Gasteiger partial charge is 0.423 e. The Labute approximate surface area is 138 Å². The Morgan fingerprint density at radius 1 is 0.957 bits per heavy atom. The summed E-state index contributed by atoms with van der Waals surface area (Å²) in [5.41, 5.74) is 4.58. The first-order valence-corrected chi connectivity index (χ1v) is 8.69. The van der Waals surface area contributed by atoms with Gasteiger partial charge in [0.15, 0.2) is 0 Å². The normalized spacial score (nSPS) is 12.4. The van der Waals surface area contributed by atoms with Crippen LogP contribution in [0.1, 0.15) is 59.7 Å². The van der Waals surface area contributed by atoms with Gasteiger partial charge in [0.25, 0.3) is 0 Å². The van der Waals surface area contributed by atoms with Crippen molar-refractivity contribution in [2.24, 2.45) is 0 Å². The summed E-state index contributed by atoms with van der Waals surface area (Å²) >= 11 is 0. The summed E-state index contributed by atoms with van der Waals surface area (Å²) < 4.78 is 5.48. The molecule has 2 heteroatoms. The fourth-order valence-corrected chi connectivity index (χ4v) is 2.96. The lowest BCUT2D eigenvalue weighted by Gasteiger charge is -2.18. The van der Waals surface area contributed by atoms with Gasteiger partial charge in [0.2, 0.25) is 0 Å². The zero-order valence-corrected chi connectivity index (χ0v) is 13.8. The van der Waals surface area contributed by atoms with E-state index < -0.39 is 0 Å². The van der Waals surface area contributed by atoms with Gasteiger partial charge in [-0.1, -0.05) is 44.4 Å². The van der Waals surface area contributed by atoms with Crippen molar-refractivity contribution < 1.29 is 9.53 Å². The van der Waals surface area contributed by atoms with Crippen LogP contribution in [0.5, 0.6) is 5.75 Å². The van der Waals surface area contributed by atoms with Gasteiger partial charge >= 0.3 is 5.97 Å². The lowest BCUT2D eigenvalue weighted by atomic mass is 9.89. The number of unbranched alkanes of at least 4 members (excludes halogenated alkanes) is 3. The number of hydrogen-bond acceptors (Lipinski definition) is 2. The molecule has 0 spiro atoms. The SMILES string of the molecule is CCCCCCc1ccc(C(=O)Oc2ccc3c(c2)CC3)cc1. The van der Waals surface area contributed by atoms with E-state index in [1.54, 1.807) is 0 Å². The summed E-state index contributed by atoms with van der Waals surface area (Å²) in [7, 11) is 0. The maximum absolute atomic E-state index is 12.2. The van der Waals surface area contributed by atoms with Crippen LogP contribution in [0.15, 0.2) is 42.5 Å². The molecule has 0 heterocycles. The molecule has 0 atom stereocenters. The molecule has 2 aromatic rings.